The summed E-state index contributed by atoms with van der Waals surface area (Å²) in [5.74, 6) is 0.127. The van der Waals surface area contributed by atoms with E-state index in [-0.39, 0.29) is 17.5 Å². The van der Waals surface area contributed by atoms with Gasteiger partial charge in [-0.05, 0) is 49.3 Å². The van der Waals surface area contributed by atoms with Gasteiger partial charge in [-0.25, -0.2) is 17.5 Å². The summed E-state index contributed by atoms with van der Waals surface area (Å²) >= 11 is 0. The summed E-state index contributed by atoms with van der Waals surface area (Å²) in [6.07, 6.45) is 4.89. The van der Waals surface area contributed by atoms with E-state index >= 15 is 0 Å². The van der Waals surface area contributed by atoms with Gasteiger partial charge in [-0.1, -0.05) is 19.4 Å². The Bertz CT molecular complexity index is 581. The van der Waals surface area contributed by atoms with Crippen molar-refractivity contribution < 1.29 is 12.8 Å². The summed E-state index contributed by atoms with van der Waals surface area (Å²) in [7, 11) is -3.72. The van der Waals surface area contributed by atoms with E-state index in [1.165, 1.54) is 12.1 Å². The van der Waals surface area contributed by atoms with Crippen molar-refractivity contribution in [3.63, 3.8) is 0 Å². The third kappa shape index (κ3) is 4.02. The molecule has 0 unspecified atom stereocenters. The van der Waals surface area contributed by atoms with Gasteiger partial charge in [-0.2, -0.15) is 0 Å². The van der Waals surface area contributed by atoms with Crippen LogP contribution in [-0.2, 0) is 16.6 Å². The lowest BCUT2D eigenvalue weighted by atomic mass is 9.85. The SMILES string of the molecule is CCC1CCC(NS(=O)(=O)c2cc(F)ccc2CN)CC1. The first-order chi connectivity index (χ1) is 9.96. The van der Waals surface area contributed by atoms with Gasteiger partial charge in [0.15, 0.2) is 0 Å². The molecule has 1 aliphatic rings. The second-order valence-electron chi connectivity index (χ2n) is 5.70. The van der Waals surface area contributed by atoms with Crippen LogP contribution in [0.5, 0.6) is 0 Å². The molecule has 3 N–H and O–H groups in total. The maximum Gasteiger partial charge on any atom is 0.241 e. The van der Waals surface area contributed by atoms with Gasteiger partial charge >= 0.3 is 0 Å². The largest absolute Gasteiger partial charge is 0.326 e. The highest BCUT2D eigenvalue weighted by molar-refractivity contribution is 7.89. The maximum atomic E-state index is 13.4. The molecule has 2 rings (SSSR count). The fourth-order valence-corrected chi connectivity index (χ4v) is 4.48. The molecule has 0 heterocycles. The molecule has 1 fully saturated rings. The van der Waals surface area contributed by atoms with E-state index in [1.54, 1.807) is 0 Å². The number of halogens is 1. The summed E-state index contributed by atoms with van der Waals surface area (Å²) in [6.45, 7) is 2.23. The molecule has 0 radical (unpaired) electrons. The van der Waals surface area contributed by atoms with Crippen molar-refractivity contribution >= 4 is 10.0 Å². The van der Waals surface area contributed by atoms with Crippen molar-refractivity contribution in [2.45, 2.75) is 56.5 Å². The van der Waals surface area contributed by atoms with Crippen LogP contribution in [0, 0.1) is 11.7 Å². The molecule has 0 saturated heterocycles. The van der Waals surface area contributed by atoms with Crippen molar-refractivity contribution in [2.24, 2.45) is 11.7 Å². The molecule has 1 aromatic rings. The molecule has 21 heavy (non-hydrogen) atoms. The predicted molar refractivity (Wildman–Crippen MR) is 80.6 cm³/mol. The van der Waals surface area contributed by atoms with Gasteiger partial charge in [0.05, 0.1) is 4.90 Å². The summed E-state index contributed by atoms with van der Waals surface area (Å²) in [5.41, 5.74) is 5.99. The first kappa shape index (κ1) is 16.4. The van der Waals surface area contributed by atoms with Crippen molar-refractivity contribution in [3.8, 4) is 0 Å². The Labute approximate surface area is 126 Å². The lowest BCUT2D eigenvalue weighted by molar-refractivity contribution is 0.306. The summed E-state index contributed by atoms with van der Waals surface area (Å²) in [4.78, 5) is -0.0392. The Balaban J connectivity index is 2.14. The monoisotopic (exact) mass is 314 g/mol. The second-order valence-corrected chi connectivity index (χ2v) is 7.39. The smallest absolute Gasteiger partial charge is 0.241 e. The van der Waals surface area contributed by atoms with E-state index < -0.39 is 15.8 Å². The molecule has 1 aliphatic carbocycles. The van der Waals surface area contributed by atoms with Crippen LogP contribution in [0.1, 0.15) is 44.6 Å². The van der Waals surface area contributed by atoms with Gasteiger partial charge in [0.2, 0.25) is 10.0 Å². The molecule has 4 nitrogen and oxygen atoms in total. The van der Waals surface area contributed by atoms with Crippen LogP contribution in [0.15, 0.2) is 23.1 Å². The average molecular weight is 314 g/mol. The van der Waals surface area contributed by atoms with Gasteiger partial charge in [0.25, 0.3) is 0 Å². The fourth-order valence-electron chi connectivity index (χ4n) is 2.92. The van der Waals surface area contributed by atoms with Crippen molar-refractivity contribution in [1.82, 2.24) is 4.72 Å². The van der Waals surface area contributed by atoms with E-state index in [9.17, 15) is 12.8 Å². The number of hydrogen-bond donors (Lipinski definition) is 2. The molecule has 1 aromatic carbocycles. The Kier molecular flexibility index (Phi) is 5.35. The molecule has 0 aromatic heterocycles. The molecule has 0 spiro atoms. The predicted octanol–water partition coefficient (Wildman–Crippen LogP) is 2.53. The van der Waals surface area contributed by atoms with E-state index in [0.29, 0.717) is 11.5 Å². The zero-order valence-electron chi connectivity index (χ0n) is 12.3. The van der Waals surface area contributed by atoms with Crippen molar-refractivity contribution in [3.05, 3.63) is 29.6 Å². The van der Waals surface area contributed by atoms with Crippen LogP contribution in [0.2, 0.25) is 0 Å². The topological polar surface area (TPSA) is 72.2 Å². The van der Waals surface area contributed by atoms with Crippen LogP contribution < -0.4 is 10.5 Å². The minimum Gasteiger partial charge on any atom is -0.326 e. The first-order valence-electron chi connectivity index (χ1n) is 7.47. The Hall–Kier alpha value is -0.980. The van der Waals surface area contributed by atoms with Crippen LogP contribution in [-0.4, -0.2) is 14.5 Å². The van der Waals surface area contributed by atoms with Gasteiger partial charge in [-0.15, -0.1) is 0 Å². The zero-order valence-corrected chi connectivity index (χ0v) is 13.1. The van der Waals surface area contributed by atoms with E-state index in [2.05, 4.69) is 11.6 Å². The molecule has 118 valence electrons. The van der Waals surface area contributed by atoms with Gasteiger partial charge in [-0.3, -0.25) is 0 Å². The van der Waals surface area contributed by atoms with Gasteiger partial charge in [0.1, 0.15) is 5.82 Å². The molecule has 1 saturated carbocycles. The standard InChI is InChI=1S/C15H23FN2O2S/c1-2-11-3-7-14(8-4-11)18-21(19,20)15-9-13(16)6-5-12(15)10-17/h5-6,9,11,14,18H,2-4,7-8,10,17H2,1H3. The quantitative estimate of drug-likeness (QED) is 0.877. The van der Waals surface area contributed by atoms with E-state index in [0.717, 1.165) is 38.2 Å². The van der Waals surface area contributed by atoms with E-state index in [1.807, 2.05) is 0 Å². The summed E-state index contributed by atoms with van der Waals surface area (Å²) in [5, 5.41) is 0. The van der Waals surface area contributed by atoms with E-state index in [4.69, 9.17) is 5.73 Å². The number of hydrogen-bond acceptors (Lipinski definition) is 3. The lowest BCUT2D eigenvalue weighted by Crippen LogP contribution is -2.38. The second kappa shape index (κ2) is 6.85. The lowest BCUT2D eigenvalue weighted by Gasteiger charge is -2.28. The summed E-state index contributed by atoms with van der Waals surface area (Å²) in [6, 6.07) is 3.64. The number of nitrogens with one attached hydrogen (secondary N) is 1. The fraction of sp³-hybridized carbons (Fsp3) is 0.600. The average Bonchev–Trinajstić information content (AvgIpc) is 2.47. The Morgan fingerprint density at radius 3 is 2.52 bits per heavy atom. The van der Waals surface area contributed by atoms with Crippen LogP contribution in [0.25, 0.3) is 0 Å². The molecular formula is C15H23FN2O2S. The normalized spacial score (nSPS) is 23.2. The molecule has 6 heteroatoms. The highest BCUT2D eigenvalue weighted by atomic mass is 32.2. The minimum atomic E-state index is -3.72. The molecule has 0 amide bonds. The first-order valence-corrected chi connectivity index (χ1v) is 8.95. The van der Waals surface area contributed by atoms with Crippen LogP contribution >= 0.6 is 0 Å². The van der Waals surface area contributed by atoms with Gasteiger partial charge in [0, 0.05) is 12.6 Å². The van der Waals surface area contributed by atoms with Crippen molar-refractivity contribution in [2.75, 3.05) is 0 Å². The molecule has 0 atom stereocenters. The minimum absolute atomic E-state index is 0.0392. The third-order valence-corrected chi connectivity index (χ3v) is 5.89. The number of benzene rings is 1. The maximum absolute atomic E-state index is 13.4. The molecular weight excluding hydrogens is 291 g/mol. The highest BCUT2D eigenvalue weighted by Gasteiger charge is 2.26. The third-order valence-electron chi connectivity index (χ3n) is 4.28. The van der Waals surface area contributed by atoms with Crippen LogP contribution in [0.3, 0.4) is 0 Å². The number of sulfonamides is 1. The van der Waals surface area contributed by atoms with Crippen LogP contribution in [0.4, 0.5) is 4.39 Å². The summed E-state index contributed by atoms with van der Waals surface area (Å²) < 4.78 is 41.0. The highest BCUT2D eigenvalue weighted by Crippen LogP contribution is 2.28. The Morgan fingerprint density at radius 1 is 1.29 bits per heavy atom. The van der Waals surface area contributed by atoms with Gasteiger partial charge < -0.3 is 5.73 Å². The van der Waals surface area contributed by atoms with Crippen molar-refractivity contribution in [1.29, 1.82) is 0 Å². The number of rotatable bonds is 5. The molecule has 0 bridgehead atoms. The zero-order chi connectivity index (χ0) is 15.5. The number of nitrogens with two attached hydrogens (primary N) is 1. The Morgan fingerprint density at radius 2 is 1.95 bits per heavy atom. The molecule has 0 aliphatic heterocycles.